The van der Waals surface area contributed by atoms with Gasteiger partial charge in [-0.25, -0.2) is 0 Å². The standard InChI is InChI=1S/C33H36N4O8/c1-35(2)27-21-15-17-14-20-19(23(39)16-36-10-12-37(13-11-36)18-6-4-3-5-7-18)8-9-22(38)25(20)28(40)24(17)30(42)33(21,45)31(43)26(29(27)41)32(34)44/h3-9,17,21,24,26-27,38,45H,10-16H2,1-2H3,(H2,34,44)/t17-,21-,24?,26?,27-,33-/m0/s1. The minimum Gasteiger partial charge on any atom is -0.507 e. The molecule has 2 aromatic carbocycles. The van der Waals surface area contributed by atoms with Gasteiger partial charge in [0, 0.05) is 43.3 Å². The summed E-state index contributed by atoms with van der Waals surface area (Å²) in [6, 6.07) is 11.5. The van der Waals surface area contributed by atoms with Crippen molar-refractivity contribution in [3.63, 3.8) is 0 Å². The molecule has 3 aliphatic carbocycles. The molecule has 1 saturated heterocycles. The Balaban J connectivity index is 1.29. The van der Waals surface area contributed by atoms with Crippen molar-refractivity contribution in [1.82, 2.24) is 9.80 Å². The first-order chi connectivity index (χ1) is 21.4. The van der Waals surface area contributed by atoms with Crippen molar-refractivity contribution in [2.45, 2.75) is 24.5 Å². The molecule has 0 radical (unpaired) electrons. The van der Waals surface area contributed by atoms with Crippen LogP contribution in [0.25, 0.3) is 0 Å². The molecule has 45 heavy (non-hydrogen) atoms. The third-order valence-corrected chi connectivity index (χ3v) is 10.1. The zero-order valence-corrected chi connectivity index (χ0v) is 25.1. The Morgan fingerprint density at radius 3 is 2.27 bits per heavy atom. The third-order valence-electron chi connectivity index (χ3n) is 10.1. The van der Waals surface area contributed by atoms with E-state index in [2.05, 4.69) is 4.90 Å². The number of hydrogen-bond donors (Lipinski definition) is 3. The number of likely N-dealkylation sites (N-methyl/N-ethyl adjacent to an activating group) is 1. The van der Waals surface area contributed by atoms with Crippen LogP contribution in [0.3, 0.4) is 0 Å². The molecule has 2 unspecified atom stereocenters. The van der Waals surface area contributed by atoms with Crippen molar-refractivity contribution in [3.8, 4) is 5.75 Å². The molecule has 236 valence electrons. The molecule has 0 aromatic heterocycles. The van der Waals surface area contributed by atoms with Crippen molar-refractivity contribution in [2.24, 2.45) is 29.4 Å². The lowest BCUT2D eigenvalue weighted by molar-refractivity contribution is -0.181. The fourth-order valence-corrected chi connectivity index (χ4v) is 7.96. The lowest BCUT2D eigenvalue weighted by Gasteiger charge is -2.52. The Morgan fingerprint density at radius 1 is 0.978 bits per heavy atom. The van der Waals surface area contributed by atoms with Gasteiger partial charge in [0.2, 0.25) is 5.91 Å². The molecule has 2 aromatic rings. The largest absolute Gasteiger partial charge is 0.507 e. The van der Waals surface area contributed by atoms with Gasteiger partial charge < -0.3 is 20.8 Å². The van der Waals surface area contributed by atoms with Crippen LogP contribution >= 0.6 is 0 Å². The fraction of sp³-hybridized carbons (Fsp3) is 0.455. The number of anilines is 1. The molecular formula is C33H36N4O8. The predicted molar refractivity (Wildman–Crippen MR) is 161 cm³/mol. The molecule has 12 heteroatoms. The van der Waals surface area contributed by atoms with E-state index in [9.17, 15) is 39.0 Å². The highest BCUT2D eigenvalue weighted by molar-refractivity contribution is 6.32. The summed E-state index contributed by atoms with van der Waals surface area (Å²) in [6.07, 6.45) is -0.0300. The first-order valence-corrected chi connectivity index (χ1v) is 15.1. The van der Waals surface area contributed by atoms with E-state index in [1.54, 1.807) is 0 Å². The van der Waals surface area contributed by atoms with Gasteiger partial charge in [0.25, 0.3) is 0 Å². The van der Waals surface area contributed by atoms with Crippen LogP contribution in [0.4, 0.5) is 5.69 Å². The number of carbonyl (C=O) groups is 6. The summed E-state index contributed by atoms with van der Waals surface area (Å²) in [5, 5.41) is 22.5. The van der Waals surface area contributed by atoms with Crippen LogP contribution in [0, 0.1) is 23.7 Å². The number of Topliss-reactive ketones (excluding diaryl/α,β-unsaturated/α-hetero) is 5. The number of aliphatic hydroxyl groups is 1. The molecule has 4 N–H and O–H groups in total. The SMILES string of the molecule is CN(C)[C@@H]1C(=O)C(C(N)=O)C(=O)[C@@]2(O)C(=O)C3C(=O)c4c(O)ccc(C(=O)CN5CCN(c6ccccc6)CC5)c4C[C@H]3C[C@@H]12. The fourth-order valence-electron chi connectivity index (χ4n) is 7.96. The molecule has 6 atom stereocenters. The lowest BCUT2D eigenvalue weighted by atomic mass is 9.52. The predicted octanol–water partition coefficient (Wildman–Crippen LogP) is -0.128. The minimum atomic E-state index is -2.79. The number of amides is 1. The zero-order chi connectivity index (χ0) is 32.4. The topological polar surface area (TPSA) is 179 Å². The van der Waals surface area contributed by atoms with Crippen LogP contribution < -0.4 is 10.6 Å². The van der Waals surface area contributed by atoms with Crippen molar-refractivity contribution < 1.29 is 39.0 Å². The minimum absolute atomic E-state index is 0.0447. The Labute approximate surface area is 259 Å². The summed E-state index contributed by atoms with van der Waals surface area (Å²) < 4.78 is 0. The number of nitrogens with zero attached hydrogens (tertiary/aromatic N) is 3. The van der Waals surface area contributed by atoms with E-state index in [1.165, 1.54) is 31.1 Å². The second-order valence-electron chi connectivity index (χ2n) is 12.8. The highest BCUT2D eigenvalue weighted by atomic mass is 16.3. The summed E-state index contributed by atoms with van der Waals surface area (Å²) in [5.74, 6) is -11.5. The molecular weight excluding hydrogens is 580 g/mol. The lowest BCUT2D eigenvalue weighted by Crippen LogP contribution is -2.74. The number of phenolic OH excluding ortho intramolecular Hbond substituents is 1. The first-order valence-electron chi connectivity index (χ1n) is 15.1. The molecule has 2 saturated carbocycles. The van der Waals surface area contributed by atoms with Crippen LogP contribution in [0.5, 0.6) is 5.75 Å². The molecule has 1 heterocycles. The summed E-state index contributed by atoms with van der Waals surface area (Å²) in [6.45, 7) is 2.88. The molecule has 6 rings (SSSR count). The van der Waals surface area contributed by atoms with Gasteiger partial charge in [-0.2, -0.15) is 0 Å². The van der Waals surface area contributed by atoms with E-state index in [-0.39, 0.29) is 36.3 Å². The average molecular weight is 617 g/mol. The van der Waals surface area contributed by atoms with Gasteiger partial charge in [-0.3, -0.25) is 38.6 Å². The summed E-state index contributed by atoms with van der Waals surface area (Å²) in [4.78, 5) is 86.2. The van der Waals surface area contributed by atoms with E-state index < -0.39 is 70.1 Å². The van der Waals surface area contributed by atoms with Gasteiger partial charge in [-0.05, 0) is 62.7 Å². The Bertz CT molecular complexity index is 1620. The number of fused-ring (bicyclic) bond motifs is 3. The van der Waals surface area contributed by atoms with E-state index in [1.807, 2.05) is 35.2 Å². The third kappa shape index (κ3) is 4.79. The molecule has 4 aliphatic rings. The molecule has 0 spiro atoms. The Kier molecular flexibility index (Phi) is 7.70. The highest BCUT2D eigenvalue weighted by Gasteiger charge is 2.69. The summed E-state index contributed by atoms with van der Waals surface area (Å²) in [5.41, 5.74) is 4.09. The Morgan fingerprint density at radius 2 is 1.64 bits per heavy atom. The van der Waals surface area contributed by atoms with E-state index in [0.29, 0.717) is 18.7 Å². The maximum absolute atomic E-state index is 14.0. The maximum Gasteiger partial charge on any atom is 0.235 e. The highest BCUT2D eigenvalue weighted by Crippen LogP contribution is 2.51. The number of ketones is 5. The van der Waals surface area contributed by atoms with Gasteiger partial charge >= 0.3 is 0 Å². The molecule has 1 amide bonds. The van der Waals surface area contributed by atoms with E-state index >= 15 is 0 Å². The van der Waals surface area contributed by atoms with Crippen LogP contribution in [-0.4, -0.2) is 113 Å². The number of nitrogens with two attached hydrogens (primary N) is 1. The van der Waals surface area contributed by atoms with Crippen LogP contribution in [0.1, 0.15) is 32.7 Å². The van der Waals surface area contributed by atoms with Gasteiger partial charge in [0.05, 0.1) is 24.1 Å². The van der Waals surface area contributed by atoms with Crippen LogP contribution in [-0.2, 0) is 25.6 Å². The second kappa shape index (κ2) is 11.3. The normalized spacial score (nSPS) is 30.1. The zero-order valence-electron chi connectivity index (χ0n) is 25.1. The number of phenols is 1. The maximum atomic E-state index is 14.0. The number of carbonyl (C=O) groups excluding carboxylic acids is 6. The summed E-state index contributed by atoms with van der Waals surface area (Å²) in [7, 11) is 3.06. The van der Waals surface area contributed by atoms with Gasteiger partial charge in [-0.15, -0.1) is 0 Å². The van der Waals surface area contributed by atoms with Gasteiger partial charge in [-0.1, -0.05) is 18.2 Å². The number of primary amides is 1. The molecule has 12 nitrogen and oxygen atoms in total. The van der Waals surface area contributed by atoms with Crippen LogP contribution in [0.2, 0.25) is 0 Å². The van der Waals surface area contributed by atoms with Crippen molar-refractivity contribution in [3.05, 3.63) is 59.2 Å². The number of rotatable bonds is 6. The van der Waals surface area contributed by atoms with E-state index in [4.69, 9.17) is 5.73 Å². The van der Waals surface area contributed by atoms with Crippen molar-refractivity contribution >= 4 is 40.5 Å². The van der Waals surface area contributed by atoms with Crippen molar-refractivity contribution in [1.29, 1.82) is 0 Å². The average Bonchev–Trinajstić information content (AvgIpc) is 2.99. The second-order valence-corrected chi connectivity index (χ2v) is 12.8. The van der Waals surface area contributed by atoms with Gasteiger partial charge in [0.1, 0.15) is 5.75 Å². The summed E-state index contributed by atoms with van der Waals surface area (Å²) >= 11 is 0. The number of hydrogen-bond acceptors (Lipinski definition) is 11. The molecule has 1 aliphatic heterocycles. The monoisotopic (exact) mass is 616 g/mol. The smallest absolute Gasteiger partial charge is 0.235 e. The van der Waals surface area contributed by atoms with E-state index in [0.717, 1.165) is 18.8 Å². The van der Waals surface area contributed by atoms with Crippen LogP contribution in [0.15, 0.2) is 42.5 Å². The number of aromatic hydroxyl groups is 1. The number of para-hydroxylation sites is 1. The molecule has 0 bridgehead atoms. The quantitative estimate of drug-likeness (QED) is 0.291. The molecule has 3 fully saturated rings. The number of benzene rings is 2. The number of piperazine rings is 1. The van der Waals surface area contributed by atoms with Crippen molar-refractivity contribution in [2.75, 3.05) is 51.7 Å². The first kappa shape index (κ1) is 30.8. The Hall–Kier alpha value is -4.26. The van der Waals surface area contributed by atoms with Gasteiger partial charge in [0.15, 0.2) is 40.4 Å².